The number of fused-ring (bicyclic) bond motifs is 1. The summed E-state index contributed by atoms with van der Waals surface area (Å²) in [5.74, 6) is -0.347. The molecule has 0 atom stereocenters. The van der Waals surface area contributed by atoms with Gasteiger partial charge in [-0.2, -0.15) is 5.10 Å². The number of hydrogen-bond donors (Lipinski definition) is 1. The molecule has 1 aromatic carbocycles. The third kappa shape index (κ3) is 3.37. The number of amides is 1. The zero-order valence-electron chi connectivity index (χ0n) is 12.0. The molecule has 7 heteroatoms. The highest BCUT2D eigenvalue weighted by Crippen LogP contribution is 2.36. The number of benzene rings is 1. The number of hydrogen-bond acceptors (Lipinski definition) is 4. The summed E-state index contributed by atoms with van der Waals surface area (Å²) in [5.41, 5.74) is 4.10. The van der Waals surface area contributed by atoms with Crippen molar-refractivity contribution in [3.05, 3.63) is 63.2 Å². The number of aromatic nitrogens is 1. The number of nitrogens with one attached hydrogen (secondary N) is 1. The molecule has 0 aliphatic rings. The van der Waals surface area contributed by atoms with Crippen molar-refractivity contribution in [3.8, 4) is 0 Å². The van der Waals surface area contributed by atoms with Gasteiger partial charge in [-0.25, -0.2) is 5.43 Å². The number of pyridine rings is 1. The van der Waals surface area contributed by atoms with Gasteiger partial charge in [-0.05, 0) is 31.2 Å². The first kappa shape index (κ1) is 15.9. The van der Waals surface area contributed by atoms with Crippen LogP contribution in [0.15, 0.2) is 47.8 Å². The number of rotatable bonds is 3. The van der Waals surface area contributed by atoms with Gasteiger partial charge in [0.25, 0.3) is 5.91 Å². The van der Waals surface area contributed by atoms with E-state index in [0.717, 1.165) is 15.6 Å². The quantitative estimate of drug-likeness (QED) is 0.538. The van der Waals surface area contributed by atoms with E-state index in [-0.39, 0.29) is 5.91 Å². The predicted molar refractivity (Wildman–Crippen MR) is 95.8 cm³/mol. The smallest absolute Gasteiger partial charge is 0.266 e. The standard InChI is InChI=1S/C16H11Cl2N3OS/c1-9(10-4-6-19-7-5-10)20-21-16(22)15-14(18)12-3-2-11(17)8-13(12)23-15/h2-8H,1H3,(H,21,22)/b20-9+. The Morgan fingerprint density at radius 2 is 1.96 bits per heavy atom. The van der Waals surface area contributed by atoms with Crippen LogP contribution >= 0.6 is 34.5 Å². The molecule has 1 amide bonds. The topological polar surface area (TPSA) is 54.4 Å². The minimum Gasteiger partial charge on any atom is -0.266 e. The lowest BCUT2D eigenvalue weighted by Gasteiger charge is -2.01. The number of carbonyl (C=O) groups is 1. The van der Waals surface area contributed by atoms with Gasteiger partial charge in [0.05, 0.1) is 10.7 Å². The summed E-state index contributed by atoms with van der Waals surface area (Å²) >= 11 is 13.5. The Kier molecular flexibility index (Phi) is 4.61. The summed E-state index contributed by atoms with van der Waals surface area (Å²) in [7, 11) is 0. The van der Waals surface area contributed by atoms with Crippen molar-refractivity contribution < 1.29 is 4.79 Å². The Balaban J connectivity index is 1.85. The van der Waals surface area contributed by atoms with Gasteiger partial charge in [0, 0.05) is 33.1 Å². The van der Waals surface area contributed by atoms with Crippen LogP contribution < -0.4 is 5.43 Å². The minimum absolute atomic E-state index is 0.347. The lowest BCUT2D eigenvalue weighted by molar-refractivity contribution is 0.0959. The largest absolute Gasteiger partial charge is 0.283 e. The molecular weight excluding hydrogens is 353 g/mol. The van der Waals surface area contributed by atoms with Crippen LogP contribution in [0.2, 0.25) is 10.0 Å². The van der Waals surface area contributed by atoms with Crippen LogP contribution in [0.3, 0.4) is 0 Å². The van der Waals surface area contributed by atoms with Crippen LogP contribution in [-0.2, 0) is 0 Å². The molecule has 2 heterocycles. The second-order valence-electron chi connectivity index (χ2n) is 4.76. The number of thiophene rings is 1. The fraction of sp³-hybridized carbons (Fsp3) is 0.0625. The van der Waals surface area contributed by atoms with E-state index in [0.29, 0.717) is 20.6 Å². The second kappa shape index (κ2) is 6.66. The molecule has 116 valence electrons. The molecule has 3 rings (SSSR count). The van der Waals surface area contributed by atoms with Crippen LogP contribution in [0.1, 0.15) is 22.2 Å². The normalized spacial score (nSPS) is 11.7. The van der Waals surface area contributed by atoms with Crippen molar-refractivity contribution in [1.29, 1.82) is 0 Å². The molecular formula is C16H11Cl2N3OS. The van der Waals surface area contributed by atoms with Gasteiger partial charge in [-0.1, -0.05) is 29.3 Å². The fourth-order valence-corrected chi connectivity index (χ4v) is 3.71. The third-order valence-corrected chi connectivity index (χ3v) is 5.11. The monoisotopic (exact) mass is 363 g/mol. The Labute approximate surface area is 146 Å². The highest BCUT2D eigenvalue weighted by atomic mass is 35.5. The molecule has 0 radical (unpaired) electrons. The number of carbonyl (C=O) groups excluding carboxylic acids is 1. The third-order valence-electron chi connectivity index (χ3n) is 3.22. The minimum atomic E-state index is -0.347. The van der Waals surface area contributed by atoms with E-state index in [1.165, 1.54) is 11.3 Å². The molecule has 2 aromatic heterocycles. The fourth-order valence-electron chi connectivity index (χ4n) is 2.03. The van der Waals surface area contributed by atoms with Crippen LogP contribution in [0, 0.1) is 0 Å². The maximum Gasteiger partial charge on any atom is 0.283 e. The van der Waals surface area contributed by atoms with Gasteiger partial charge >= 0.3 is 0 Å². The van der Waals surface area contributed by atoms with E-state index in [2.05, 4.69) is 15.5 Å². The lowest BCUT2D eigenvalue weighted by atomic mass is 10.2. The highest BCUT2D eigenvalue weighted by Gasteiger charge is 2.17. The van der Waals surface area contributed by atoms with Crippen LogP contribution in [0.5, 0.6) is 0 Å². The first-order valence-electron chi connectivity index (χ1n) is 6.69. The van der Waals surface area contributed by atoms with Crippen molar-refractivity contribution in [1.82, 2.24) is 10.4 Å². The van der Waals surface area contributed by atoms with E-state index < -0.39 is 0 Å². The van der Waals surface area contributed by atoms with E-state index in [9.17, 15) is 4.79 Å². The Morgan fingerprint density at radius 1 is 1.22 bits per heavy atom. The first-order valence-corrected chi connectivity index (χ1v) is 8.26. The summed E-state index contributed by atoms with van der Waals surface area (Å²) in [6.07, 6.45) is 3.34. The van der Waals surface area contributed by atoms with Crippen molar-refractivity contribution >= 4 is 56.2 Å². The molecule has 0 saturated heterocycles. The SMILES string of the molecule is C/C(=N\NC(=O)c1sc2cc(Cl)ccc2c1Cl)c1ccncc1. The van der Waals surface area contributed by atoms with Gasteiger partial charge in [-0.15, -0.1) is 11.3 Å². The van der Waals surface area contributed by atoms with Gasteiger partial charge in [0.1, 0.15) is 4.88 Å². The van der Waals surface area contributed by atoms with E-state index in [1.807, 2.05) is 19.1 Å². The number of halogens is 2. The molecule has 0 aliphatic carbocycles. The molecule has 3 aromatic rings. The van der Waals surface area contributed by atoms with E-state index in [4.69, 9.17) is 23.2 Å². The summed E-state index contributed by atoms with van der Waals surface area (Å²) in [5, 5.41) is 5.94. The first-order chi connectivity index (χ1) is 11.1. The highest BCUT2D eigenvalue weighted by molar-refractivity contribution is 7.21. The Bertz CT molecular complexity index is 906. The molecule has 0 spiro atoms. The molecule has 0 fully saturated rings. The maximum atomic E-state index is 12.3. The molecule has 23 heavy (non-hydrogen) atoms. The summed E-state index contributed by atoms with van der Waals surface area (Å²) in [4.78, 5) is 16.7. The van der Waals surface area contributed by atoms with E-state index in [1.54, 1.807) is 30.6 Å². The molecule has 0 saturated carbocycles. The summed E-state index contributed by atoms with van der Waals surface area (Å²) < 4.78 is 0.863. The molecule has 0 unspecified atom stereocenters. The molecule has 1 N–H and O–H groups in total. The average Bonchev–Trinajstić information content (AvgIpc) is 2.89. The molecule has 0 aliphatic heterocycles. The zero-order chi connectivity index (χ0) is 16.4. The Hall–Kier alpha value is -1.95. The number of hydrazone groups is 1. The second-order valence-corrected chi connectivity index (χ2v) is 6.63. The predicted octanol–water partition coefficient (Wildman–Crippen LogP) is 4.76. The van der Waals surface area contributed by atoms with Crippen molar-refractivity contribution in [3.63, 3.8) is 0 Å². The number of nitrogens with zero attached hydrogens (tertiary/aromatic N) is 2. The van der Waals surface area contributed by atoms with Gasteiger partial charge in [-0.3, -0.25) is 9.78 Å². The Morgan fingerprint density at radius 3 is 2.70 bits per heavy atom. The zero-order valence-corrected chi connectivity index (χ0v) is 14.3. The van der Waals surface area contributed by atoms with E-state index >= 15 is 0 Å². The van der Waals surface area contributed by atoms with Gasteiger partial charge in [0.15, 0.2) is 0 Å². The lowest BCUT2D eigenvalue weighted by Crippen LogP contribution is -2.18. The molecule has 0 bridgehead atoms. The van der Waals surface area contributed by atoms with Gasteiger partial charge < -0.3 is 0 Å². The summed E-state index contributed by atoms with van der Waals surface area (Å²) in [6.45, 7) is 1.81. The summed E-state index contributed by atoms with van der Waals surface area (Å²) in [6, 6.07) is 8.98. The van der Waals surface area contributed by atoms with Crippen molar-refractivity contribution in [2.45, 2.75) is 6.92 Å². The molecule has 4 nitrogen and oxygen atoms in total. The maximum absolute atomic E-state index is 12.3. The van der Waals surface area contributed by atoms with Gasteiger partial charge in [0.2, 0.25) is 0 Å². The average molecular weight is 364 g/mol. The van der Waals surface area contributed by atoms with Crippen molar-refractivity contribution in [2.24, 2.45) is 5.10 Å². The van der Waals surface area contributed by atoms with Crippen LogP contribution in [0.25, 0.3) is 10.1 Å². The van der Waals surface area contributed by atoms with Crippen LogP contribution in [-0.4, -0.2) is 16.6 Å². The van der Waals surface area contributed by atoms with Crippen molar-refractivity contribution in [2.75, 3.05) is 0 Å². The van der Waals surface area contributed by atoms with Crippen LogP contribution in [0.4, 0.5) is 0 Å².